The smallest absolute Gasteiger partial charge is 0.290 e. The number of hydrogen-bond acceptors (Lipinski definition) is 6. The summed E-state index contributed by atoms with van der Waals surface area (Å²) in [5, 5.41) is 4.65. The van der Waals surface area contributed by atoms with Gasteiger partial charge in [-0.2, -0.15) is 10.0 Å². The number of hydrogen-bond donors (Lipinski definition) is 2. The summed E-state index contributed by atoms with van der Waals surface area (Å²) >= 11 is 0.804. The van der Waals surface area contributed by atoms with E-state index in [0.29, 0.717) is 23.6 Å². The van der Waals surface area contributed by atoms with Crippen LogP contribution in [0.15, 0.2) is 177 Å². The van der Waals surface area contributed by atoms with Crippen LogP contribution in [0, 0.1) is 11.6 Å². The molecular weight excluding hydrogens is 801 g/mol. The van der Waals surface area contributed by atoms with E-state index in [1.165, 1.54) is 12.1 Å². The number of halogens is 2. The molecule has 2 N–H and O–H groups in total. The average Bonchev–Trinajstić information content (AvgIpc) is 3.85. The summed E-state index contributed by atoms with van der Waals surface area (Å²) in [4.78, 5) is 71.6. The molecule has 0 aliphatic carbocycles. The molecule has 2 heterocycles. The van der Waals surface area contributed by atoms with Gasteiger partial charge >= 0.3 is 0 Å². The minimum Gasteiger partial charge on any atom is -0.350 e. The summed E-state index contributed by atoms with van der Waals surface area (Å²) in [5.41, 5.74) is 0.647. The Bertz CT molecular complexity index is 2550. The van der Waals surface area contributed by atoms with Crippen LogP contribution in [0.4, 0.5) is 13.6 Å². The van der Waals surface area contributed by atoms with Crippen molar-refractivity contribution in [3.05, 3.63) is 202 Å². The molecule has 2 atom stereocenters. The highest BCUT2D eigenvalue weighted by molar-refractivity contribution is 8.34. The zero-order valence-corrected chi connectivity index (χ0v) is 33.6. The Kier molecular flexibility index (Phi) is 11.6. The lowest BCUT2D eigenvalue weighted by Crippen LogP contribution is -2.43. The van der Waals surface area contributed by atoms with Crippen molar-refractivity contribution >= 4 is 56.6 Å². The Hall–Kier alpha value is -6.63. The molecule has 0 bridgehead atoms. The first kappa shape index (κ1) is 40.2. The van der Waals surface area contributed by atoms with E-state index in [1.54, 1.807) is 47.4 Å². The fourth-order valence-corrected chi connectivity index (χ4v) is 13.2. The minimum atomic E-state index is -2.10. The zero-order chi connectivity index (χ0) is 41.8. The van der Waals surface area contributed by atoms with E-state index >= 15 is 4.79 Å². The summed E-state index contributed by atoms with van der Waals surface area (Å²) in [7, 11) is -2.10. The number of rotatable bonds is 11. The fraction of sp³-hybridized carbons (Fsp3) is 0.104. The number of carbonyl (C=O) groups is 5. The minimum absolute atomic E-state index is 0.0278. The van der Waals surface area contributed by atoms with Gasteiger partial charge in [0.2, 0.25) is 0 Å². The third-order valence-corrected chi connectivity index (χ3v) is 15.9. The fourth-order valence-electron chi connectivity index (χ4n) is 7.92. The second kappa shape index (κ2) is 17.3. The normalized spacial score (nSPS) is 17.4. The molecule has 12 heteroatoms. The van der Waals surface area contributed by atoms with Crippen molar-refractivity contribution in [2.45, 2.75) is 32.4 Å². The van der Waals surface area contributed by atoms with Crippen LogP contribution in [0.25, 0.3) is 6.08 Å². The Balaban J connectivity index is 1.17. The first-order valence-electron chi connectivity index (χ1n) is 19.1. The predicted octanol–water partition coefficient (Wildman–Crippen LogP) is 9.51. The number of imide groups is 1. The second-order valence-electron chi connectivity index (χ2n) is 14.3. The van der Waals surface area contributed by atoms with Gasteiger partial charge in [0.15, 0.2) is 5.78 Å². The summed E-state index contributed by atoms with van der Waals surface area (Å²) < 4.78 is 28.8. The van der Waals surface area contributed by atoms with Gasteiger partial charge in [0.25, 0.3) is 23.0 Å². The van der Waals surface area contributed by atoms with E-state index in [2.05, 4.69) is 47.0 Å². The van der Waals surface area contributed by atoms with E-state index in [-0.39, 0.29) is 45.8 Å². The van der Waals surface area contributed by atoms with Crippen LogP contribution in [0.1, 0.15) is 48.6 Å². The molecule has 60 heavy (non-hydrogen) atoms. The predicted molar refractivity (Wildman–Crippen MR) is 229 cm³/mol. The Labute approximate surface area is 351 Å². The van der Waals surface area contributed by atoms with Gasteiger partial charge in [-0.1, -0.05) is 84.9 Å². The highest BCUT2D eigenvalue weighted by Crippen LogP contribution is 2.73. The largest absolute Gasteiger partial charge is 0.350 e. The van der Waals surface area contributed by atoms with Crippen LogP contribution in [0.3, 0.4) is 0 Å². The van der Waals surface area contributed by atoms with Crippen molar-refractivity contribution < 1.29 is 32.8 Å². The van der Waals surface area contributed by atoms with Crippen molar-refractivity contribution in [2.75, 3.05) is 13.1 Å². The maximum atomic E-state index is 15.0. The summed E-state index contributed by atoms with van der Waals surface area (Å²) in [6.07, 6.45) is 2.05. The monoisotopic (exact) mass is 837 g/mol. The number of thioether (sulfide) groups is 1. The maximum absolute atomic E-state index is 15.0. The SMILES string of the molecule is O=C1NC(=O)/C(=C/c2ccc(C(=O)NC[C@@H]3C[C@@H](S(c4ccccc4)(c4ccccc4)c4ccccc4)CN3C(=O)c3ccccc3C(=O)c3ccc(F)cc3F)cc2)S1. The lowest BCUT2D eigenvalue weighted by molar-refractivity contribution is -0.115. The standard InChI is InChI=1S/C48H37F2N3O5S2/c49-33-24-25-41(42(50)27-33)44(54)39-18-10-11-19-40(39)47(57)53-30-38(60(35-12-4-1-5-13-35,36-14-6-2-7-15-36)37-16-8-3-9-17-37)28-34(53)29-51-45(55)32-22-20-31(21-23-32)26-43-46(56)52-48(58)59-43/h1-27,34,38H,28-30H2,(H,51,55)(H,52,56,58)/b43-26-/t34-,38+/m0/s1. The molecule has 0 saturated carbocycles. The molecule has 0 aromatic heterocycles. The van der Waals surface area contributed by atoms with Gasteiger partial charge in [-0.05, 0) is 111 Å². The van der Waals surface area contributed by atoms with Crippen molar-refractivity contribution in [2.24, 2.45) is 0 Å². The number of ketones is 1. The van der Waals surface area contributed by atoms with Crippen LogP contribution in [-0.2, 0) is 4.79 Å². The average molecular weight is 838 g/mol. The molecule has 2 aliphatic rings. The summed E-state index contributed by atoms with van der Waals surface area (Å²) in [6, 6.07) is 45.7. The van der Waals surface area contributed by atoms with Crippen LogP contribution >= 0.6 is 21.8 Å². The van der Waals surface area contributed by atoms with E-state index in [9.17, 15) is 28.0 Å². The van der Waals surface area contributed by atoms with Gasteiger partial charge in [-0.3, -0.25) is 29.3 Å². The first-order valence-corrected chi connectivity index (χ1v) is 21.6. The van der Waals surface area contributed by atoms with Gasteiger partial charge < -0.3 is 10.2 Å². The summed E-state index contributed by atoms with van der Waals surface area (Å²) in [6.45, 7) is 0.334. The van der Waals surface area contributed by atoms with Crippen LogP contribution in [0.2, 0.25) is 0 Å². The van der Waals surface area contributed by atoms with Crippen LogP contribution in [0.5, 0.6) is 0 Å². The molecule has 6 aromatic rings. The molecule has 8 rings (SSSR count). The van der Waals surface area contributed by atoms with E-state index in [0.717, 1.165) is 38.6 Å². The molecule has 0 unspecified atom stereocenters. The number of nitrogens with zero attached hydrogens (tertiary/aromatic N) is 1. The molecule has 300 valence electrons. The molecule has 8 nitrogen and oxygen atoms in total. The number of likely N-dealkylation sites (tertiary alicyclic amines) is 1. The van der Waals surface area contributed by atoms with Crippen LogP contribution in [-0.4, -0.2) is 58.0 Å². The molecule has 0 radical (unpaired) electrons. The third kappa shape index (κ3) is 7.91. The van der Waals surface area contributed by atoms with E-state index < -0.39 is 50.5 Å². The van der Waals surface area contributed by atoms with Gasteiger partial charge in [0, 0.05) is 35.5 Å². The van der Waals surface area contributed by atoms with Crippen LogP contribution < -0.4 is 10.6 Å². The molecule has 0 spiro atoms. The topological polar surface area (TPSA) is 113 Å². The number of carbonyl (C=O) groups excluding carboxylic acids is 5. The number of benzene rings is 6. The molecule has 2 aliphatic heterocycles. The zero-order valence-electron chi connectivity index (χ0n) is 31.9. The highest BCUT2D eigenvalue weighted by Gasteiger charge is 2.47. The van der Waals surface area contributed by atoms with Gasteiger partial charge in [0.1, 0.15) is 11.6 Å². The molecule has 2 saturated heterocycles. The van der Waals surface area contributed by atoms with E-state index in [4.69, 9.17) is 0 Å². The highest BCUT2D eigenvalue weighted by atomic mass is 32.3. The molecule has 2 fully saturated rings. The second-order valence-corrected chi connectivity index (χ2v) is 18.7. The van der Waals surface area contributed by atoms with Crippen molar-refractivity contribution in [3.8, 4) is 0 Å². The Morgan fingerprint density at radius 3 is 1.83 bits per heavy atom. The number of amides is 4. The summed E-state index contributed by atoms with van der Waals surface area (Å²) in [5.74, 6) is -3.95. The Morgan fingerprint density at radius 2 is 1.28 bits per heavy atom. The lowest BCUT2D eigenvalue weighted by Gasteiger charge is -2.46. The molecular formula is C48H37F2N3O5S2. The quantitative estimate of drug-likeness (QED) is 0.0994. The lowest BCUT2D eigenvalue weighted by atomic mass is 9.97. The van der Waals surface area contributed by atoms with Gasteiger partial charge in [-0.15, -0.1) is 0 Å². The van der Waals surface area contributed by atoms with Gasteiger partial charge in [0.05, 0.1) is 22.1 Å². The number of nitrogens with one attached hydrogen (secondary N) is 2. The van der Waals surface area contributed by atoms with Gasteiger partial charge in [-0.25, -0.2) is 8.78 Å². The van der Waals surface area contributed by atoms with Crippen molar-refractivity contribution in [1.29, 1.82) is 0 Å². The molecule has 4 amide bonds. The van der Waals surface area contributed by atoms with Crippen molar-refractivity contribution in [3.63, 3.8) is 0 Å². The van der Waals surface area contributed by atoms with Crippen molar-refractivity contribution in [1.82, 2.24) is 15.5 Å². The third-order valence-electron chi connectivity index (χ3n) is 10.7. The Morgan fingerprint density at radius 1 is 0.717 bits per heavy atom. The maximum Gasteiger partial charge on any atom is 0.290 e. The molecule has 6 aromatic carbocycles. The van der Waals surface area contributed by atoms with E-state index in [1.807, 2.05) is 54.6 Å². The first-order chi connectivity index (χ1) is 29.1.